The standard InChI is InChI=1S/C12H14F4N2/c13-9-3-4-10(17)11(6-9)18-5-1-2-8(7-18)12(14,15)16/h3-4,6,8H,1-2,5,7,17H2. The van der Waals surface area contributed by atoms with Gasteiger partial charge in [0.25, 0.3) is 0 Å². The second-order valence-electron chi connectivity index (χ2n) is 4.53. The number of anilines is 2. The van der Waals surface area contributed by atoms with Gasteiger partial charge in [0, 0.05) is 13.1 Å². The van der Waals surface area contributed by atoms with Crippen LogP contribution >= 0.6 is 0 Å². The first kappa shape index (κ1) is 13.0. The van der Waals surface area contributed by atoms with Crippen LogP contribution in [-0.2, 0) is 0 Å². The van der Waals surface area contributed by atoms with Crippen molar-refractivity contribution in [1.82, 2.24) is 0 Å². The molecule has 1 unspecified atom stereocenters. The summed E-state index contributed by atoms with van der Waals surface area (Å²) >= 11 is 0. The lowest BCUT2D eigenvalue weighted by molar-refractivity contribution is -0.175. The lowest BCUT2D eigenvalue weighted by Crippen LogP contribution is -2.42. The molecular formula is C12H14F4N2. The largest absolute Gasteiger partial charge is 0.397 e. The van der Waals surface area contributed by atoms with E-state index in [2.05, 4.69) is 0 Å². The van der Waals surface area contributed by atoms with Crippen LogP contribution in [0, 0.1) is 11.7 Å². The molecule has 0 aromatic heterocycles. The molecule has 1 aliphatic rings. The van der Waals surface area contributed by atoms with Crippen molar-refractivity contribution in [2.24, 2.45) is 5.92 Å². The van der Waals surface area contributed by atoms with Crippen molar-refractivity contribution in [1.29, 1.82) is 0 Å². The van der Waals surface area contributed by atoms with E-state index >= 15 is 0 Å². The van der Waals surface area contributed by atoms with E-state index < -0.39 is 17.9 Å². The number of hydrogen-bond donors (Lipinski definition) is 1. The van der Waals surface area contributed by atoms with E-state index in [4.69, 9.17) is 5.73 Å². The van der Waals surface area contributed by atoms with Crippen molar-refractivity contribution in [3.8, 4) is 0 Å². The van der Waals surface area contributed by atoms with Gasteiger partial charge in [-0.3, -0.25) is 0 Å². The zero-order valence-corrected chi connectivity index (χ0v) is 9.67. The molecule has 2 nitrogen and oxygen atoms in total. The second-order valence-corrected chi connectivity index (χ2v) is 4.53. The average molecular weight is 262 g/mol. The zero-order chi connectivity index (χ0) is 13.3. The Morgan fingerprint density at radius 3 is 2.67 bits per heavy atom. The molecule has 1 fully saturated rings. The summed E-state index contributed by atoms with van der Waals surface area (Å²) in [7, 11) is 0. The Balaban J connectivity index is 2.21. The van der Waals surface area contributed by atoms with E-state index in [-0.39, 0.29) is 13.0 Å². The molecule has 0 saturated carbocycles. The topological polar surface area (TPSA) is 29.3 Å². The average Bonchev–Trinajstić information content (AvgIpc) is 2.31. The van der Waals surface area contributed by atoms with Crippen molar-refractivity contribution < 1.29 is 17.6 Å². The molecule has 1 aliphatic heterocycles. The van der Waals surface area contributed by atoms with Gasteiger partial charge in [0.15, 0.2) is 0 Å². The van der Waals surface area contributed by atoms with Crippen molar-refractivity contribution in [3.05, 3.63) is 24.0 Å². The predicted molar refractivity (Wildman–Crippen MR) is 61.8 cm³/mol. The molecule has 1 atom stereocenters. The molecular weight excluding hydrogens is 248 g/mol. The molecule has 2 rings (SSSR count). The summed E-state index contributed by atoms with van der Waals surface area (Å²) in [5, 5.41) is 0. The molecule has 6 heteroatoms. The van der Waals surface area contributed by atoms with Gasteiger partial charge in [0.1, 0.15) is 5.82 Å². The van der Waals surface area contributed by atoms with Crippen molar-refractivity contribution in [2.75, 3.05) is 23.7 Å². The maximum Gasteiger partial charge on any atom is 0.393 e. The summed E-state index contributed by atoms with van der Waals surface area (Å²) in [5.41, 5.74) is 6.34. The summed E-state index contributed by atoms with van der Waals surface area (Å²) in [6.07, 6.45) is -3.66. The van der Waals surface area contributed by atoms with Crippen LogP contribution in [0.5, 0.6) is 0 Å². The van der Waals surface area contributed by atoms with Crippen LogP contribution in [0.1, 0.15) is 12.8 Å². The molecule has 1 aromatic carbocycles. The van der Waals surface area contributed by atoms with Gasteiger partial charge < -0.3 is 10.6 Å². The Hall–Kier alpha value is -1.46. The van der Waals surface area contributed by atoms with Crippen LogP contribution in [0.2, 0.25) is 0 Å². The van der Waals surface area contributed by atoms with Crippen LogP contribution < -0.4 is 10.6 Å². The second kappa shape index (κ2) is 4.66. The molecule has 100 valence electrons. The number of rotatable bonds is 1. The maximum absolute atomic E-state index is 13.1. The number of halogens is 4. The molecule has 1 aromatic rings. The van der Waals surface area contributed by atoms with Gasteiger partial charge in [-0.2, -0.15) is 13.2 Å². The van der Waals surface area contributed by atoms with Crippen molar-refractivity contribution >= 4 is 11.4 Å². The Labute approximate surface area is 102 Å². The van der Waals surface area contributed by atoms with E-state index in [1.807, 2.05) is 0 Å². The fraction of sp³-hybridized carbons (Fsp3) is 0.500. The van der Waals surface area contributed by atoms with Gasteiger partial charge in [-0.05, 0) is 31.0 Å². The van der Waals surface area contributed by atoms with Crippen LogP contribution in [0.15, 0.2) is 18.2 Å². The molecule has 18 heavy (non-hydrogen) atoms. The number of nitrogen functional groups attached to an aromatic ring is 1. The van der Waals surface area contributed by atoms with Gasteiger partial charge in [-0.25, -0.2) is 4.39 Å². The highest BCUT2D eigenvalue weighted by atomic mass is 19.4. The molecule has 1 heterocycles. The molecule has 2 N–H and O–H groups in total. The van der Waals surface area contributed by atoms with Gasteiger partial charge in [-0.1, -0.05) is 0 Å². The summed E-state index contributed by atoms with van der Waals surface area (Å²) < 4.78 is 51.2. The molecule has 0 bridgehead atoms. The number of nitrogens with zero attached hydrogens (tertiary/aromatic N) is 1. The molecule has 1 saturated heterocycles. The Morgan fingerprint density at radius 1 is 1.28 bits per heavy atom. The number of benzene rings is 1. The molecule has 0 amide bonds. The number of hydrogen-bond acceptors (Lipinski definition) is 2. The minimum Gasteiger partial charge on any atom is -0.397 e. The van der Waals surface area contributed by atoms with Crippen molar-refractivity contribution in [2.45, 2.75) is 19.0 Å². The van der Waals surface area contributed by atoms with Gasteiger partial charge in [0.2, 0.25) is 0 Å². The van der Waals surface area contributed by atoms with E-state index in [0.29, 0.717) is 24.3 Å². The maximum atomic E-state index is 13.1. The number of piperidine rings is 1. The third-order valence-corrected chi connectivity index (χ3v) is 3.22. The van der Waals surface area contributed by atoms with Crippen LogP contribution in [0.4, 0.5) is 28.9 Å². The Bertz CT molecular complexity index is 431. The lowest BCUT2D eigenvalue weighted by atomic mass is 9.97. The third kappa shape index (κ3) is 2.68. The van der Waals surface area contributed by atoms with Crippen LogP contribution in [0.3, 0.4) is 0 Å². The van der Waals surface area contributed by atoms with E-state index in [0.717, 1.165) is 0 Å². The SMILES string of the molecule is Nc1ccc(F)cc1N1CCCC(C(F)(F)F)C1. The smallest absolute Gasteiger partial charge is 0.393 e. The highest BCUT2D eigenvalue weighted by molar-refractivity contribution is 5.67. The van der Waals surface area contributed by atoms with Gasteiger partial charge in [-0.15, -0.1) is 0 Å². The van der Waals surface area contributed by atoms with E-state index in [1.54, 1.807) is 0 Å². The lowest BCUT2D eigenvalue weighted by Gasteiger charge is -2.35. The quantitative estimate of drug-likeness (QED) is 0.622. The van der Waals surface area contributed by atoms with Crippen molar-refractivity contribution in [3.63, 3.8) is 0 Å². The first-order valence-electron chi connectivity index (χ1n) is 5.74. The first-order chi connectivity index (χ1) is 8.38. The van der Waals surface area contributed by atoms with E-state index in [9.17, 15) is 17.6 Å². The highest BCUT2D eigenvalue weighted by Gasteiger charge is 2.42. The number of nitrogens with two attached hydrogens (primary N) is 1. The summed E-state index contributed by atoms with van der Waals surface area (Å²) in [6, 6.07) is 3.76. The molecule has 0 aliphatic carbocycles. The normalized spacial score (nSPS) is 21.1. The zero-order valence-electron chi connectivity index (χ0n) is 9.67. The monoisotopic (exact) mass is 262 g/mol. The minimum atomic E-state index is -4.21. The Morgan fingerprint density at radius 2 is 2.00 bits per heavy atom. The Kier molecular flexibility index (Phi) is 3.36. The van der Waals surface area contributed by atoms with Crippen LogP contribution in [0.25, 0.3) is 0 Å². The predicted octanol–water partition coefficient (Wildman–Crippen LogP) is 3.19. The fourth-order valence-electron chi connectivity index (χ4n) is 2.25. The summed E-state index contributed by atoms with van der Waals surface area (Å²) in [6.45, 7) is 0.317. The minimum absolute atomic E-state index is 0.120. The van der Waals surface area contributed by atoms with Crippen LogP contribution in [-0.4, -0.2) is 19.3 Å². The van der Waals surface area contributed by atoms with E-state index in [1.165, 1.54) is 23.1 Å². The molecule has 0 spiro atoms. The summed E-state index contributed by atoms with van der Waals surface area (Å²) in [5.74, 6) is -1.86. The number of alkyl halides is 3. The fourth-order valence-corrected chi connectivity index (χ4v) is 2.25. The van der Waals surface area contributed by atoms with Gasteiger partial charge in [0.05, 0.1) is 17.3 Å². The first-order valence-corrected chi connectivity index (χ1v) is 5.74. The molecule has 0 radical (unpaired) electrons. The van der Waals surface area contributed by atoms with Gasteiger partial charge >= 0.3 is 6.18 Å². The highest BCUT2D eigenvalue weighted by Crippen LogP contribution is 2.36. The third-order valence-electron chi connectivity index (χ3n) is 3.22. The summed E-state index contributed by atoms with van der Waals surface area (Å²) in [4.78, 5) is 1.51.